The van der Waals surface area contributed by atoms with Crippen molar-refractivity contribution in [2.75, 3.05) is 25.6 Å². The second-order valence-electron chi connectivity index (χ2n) is 3.46. The Kier molecular flexibility index (Phi) is 5.91. The molecule has 0 aliphatic carbocycles. The Morgan fingerprint density at radius 3 is 2.65 bits per heavy atom. The van der Waals surface area contributed by atoms with Crippen molar-refractivity contribution >= 4 is 21.6 Å². The first-order chi connectivity index (χ1) is 8.08. The van der Waals surface area contributed by atoms with Gasteiger partial charge in [-0.2, -0.15) is 0 Å². The van der Waals surface area contributed by atoms with Gasteiger partial charge in [-0.25, -0.2) is 13.1 Å². The summed E-state index contributed by atoms with van der Waals surface area (Å²) in [6.07, 6.45) is 0. The van der Waals surface area contributed by atoms with Crippen LogP contribution < -0.4 is 4.72 Å². The van der Waals surface area contributed by atoms with E-state index in [1.807, 2.05) is 0 Å². The maximum atomic E-state index is 11.9. The van der Waals surface area contributed by atoms with Crippen LogP contribution in [0.3, 0.4) is 0 Å². The summed E-state index contributed by atoms with van der Waals surface area (Å²) >= 11 is 5.42. The third-order valence-electron chi connectivity index (χ3n) is 2.14. The molecule has 0 fully saturated rings. The van der Waals surface area contributed by atoms with E-state index in [1.165, 1.54) is 0 Å². The monoisotopic (exact) mass is 277 g/mol. The number of nitrogens with one attached hydrogen (secondary N) is 1. The topological polar surface area (TPSA) is 55.4 Å². The quantitative estimate of drug-likeness (QED) is 0.607. The number of ether oxygens (including phenoxy) is 1. The Morgan fingerprint density at radius 2 is 2.00 bits per heavy atom. The number of rotatable bonds is 7. The molecule has 0 aromatic heterocycles. The summed E-state index contributed by atoms with van der Waals surface area (Å²) < 4.78 is 31.4. The van der Waals surface area contributed by atoms with Crippen LogP contribution in [0.25, 0.3) is 0 Å². The van der Waals surface area contributed by atoms with Gasteiger partial charge in [0.1, 0.15) is 0 Å². The first-order valence-corrected chi connectivity index (χ1v) is 7.28. The third-order valence-corrected chi connectivity index (χ3v) is 3.92. The van der Waals surface area contributed by atoms with Crippen LogP contribution in [0.2, 0.25) is 0 Å². The largest absolute Gasteiger partial charge is 0.379 e. The van der Waals surface area contributed by atoms with Gasteiger partial charge < -0.3 is 4.74 Å². The van der Waals surface area contributed by atoms with Crippen molar-refractivity contribution in [3.05, 3.63) is 29.8 Å². The van der Waals surface area contributed by atoms with Gasteiger partial charge in [-0.1, -0.05) is 18.2 Å². The molecule has 0 spiro atoms. The highest BCUT2D eigenvalue weighted by Crippen LogP contribution is 2.13. The average Bonchev–Trinajstić information content (AvgIpc) is 2.29. The first-order valence-electron chi connectivity index (χ1n) is 5.27. The van der Waals surface area contributed by atoms with Crippen molar-refractivity contribution in [3.8, 4) is 0 Å². The molecule has 0 atom stereocenters. The standard InChI is InChI=1S/C11H16ClNO3S/c1-10-4-2-3-5-11(10)17(14,15)13-7-9-16-8-6-12/h2-5,13H,6-9H2,1H3. The lowest BCUT2D eigenvalue weighted by Crippen LogP contribution is -2.28. The maximum absolute atomic E-state index is 11.9. The van der Waals surface area contributed by atoms with Gasteiger partial charge in [-0.05, 0) is 18.6 Å². The zero-order chi connectivity index (χ0) is 12.7. The molecular formula is C11H16ClNO3S. The molecule has 0 aliphatic rings. The fraction of sp³-hybridized carbons (Fsp3) is 0.455. The van der Waals surface area contributed by atoms with E-state index in [2.05, 4.69) is 4.72 Å². The zero-order valence-corrected chi connectivity index (χ0v) is 11.2. The minimum atomic E-state index is -3.44. The number of halogens is 1. The van der Waals surface area contributed by atoms with Crippen molar-refractivity contribution in [1.29, 1.82) is 0 Å². The van der Waals surface area contributed by atoms with Gasteiger partial charge in [-0.3, -0.25) is 0 Å². The van der Waals surface area contributed by atoms with Gasteiger partial charge in [-0.15, -0.1) is 11.6 Å². The first kappa shape index (κ1) is 14.4. The van der Waals surface area contributed by atoms with E-state index in [0.717, 1.165) is 5.56 Å². The van der Waals surface area contributed by atoms with Crippen LogP contribution in [0.1, 0.15) is 5.56 Å². The second-order valence-corrected chi connectivity index (χ2v) is 5.58. The fourth-order valence-electron chi connectivity index (χ4n) is 1.34. The zero-order valence-electron chi connectivity index (χ0n) is 9.65. The van der Waals surface area contributed by atoms with E-state index in [9.17, 15) is 8.42 Å². The molecule has 96 valence electrons. The molecule has 6 heteroatoms. The molecule has 0 saturated carbocycles. The maximum Gasteiger partial charge on any atom is 0.240 e. The number of sulfonamides is 1. The van der Waals surface area contributed by atoms with Crippen LogP contribution in [0, 0.1) is 6.92 Å². The number of alkyl halides is 1. The van der Waals surface area contributed by atoms with Crippen LogP contribution in [-0.2, 0) is 14.8 Å². The van der Waals surface area contributed by atoms with Gasteiger partial charge in [0.15, 0.2) is 0 Å². The summed E-state index contributed by atoms with van der Waals surface area (Å²) in [6.45, 7) is 2.75. The summed E-state index contributed by atoms with van der Waals surface area (Å²) in [5.74, 6) is 0.407. The number of hydrogen-bond acceptors (Lipinski definition) is 3. The average molecular weight is 278 g/mol. The SMILES string of the molecule is Cc1ccccc1S(=O)(=O)NCCOCCCl. The lowest BCUT2D eigenvalue weighted by molar-refractivity contribution is 0.155. The number of benzene rings is 1. The number of aryl methyl sites for hydroxylation is 1. The van der Waals surface area contributed by atoms with Crippen molar-refractivity contribution in [2.24, 2.45) is 0 Å². The van der Waals surface area contributed by atoms with Gasteiger partial charge in [0.05, 0.1) is 18.1 Å². The Bertz CT molecular complexity index is 448. The van der Waals surface area contributed by atoms with E-state index < -0.39 is 10.0 Å². The lowest BCUT2D eigenvalue weighted by atomic mass is 10.2. The smallest absolute Gasteiger partial charge is 0.240 e. The van der Waals surface area contributed by atoms with Crippen LogP contribution in [0.15, 0.2) is 29.2 Å². The van der Waals surface area contributed by atoms with Crippen molar-refractivity contribution in [1.82, 2.24) is 4.72 Å². The third kappa shape index (κ3) is 4.63. The molecule has 0 unspecified atom stereocenters. The van der Waals surface area contributed by atoms with E-state index in [4.69, 9.17) is 16.3 Å². The molecule has 0 radical (unpaired) electrons. The van der Waals surface area contributed by atoms with Crippen LogP contribution in [0.4, 0.5) is 0 Å². The second kappa shape index (κ2) is 6.96. The predicted molar refractivity (Wildman–Crippen MR) is 67.9 cm³/mol. The van der Waals surface area contributed by atoms with Gasteiger partial charge >= 0.3 is 0 Å². The van der Waals surface area contributed by atoms with E-state index >= 15 is 0 Å². The van der Waals surface area contributed by atoms with E-state index in [0.29, 0.717) is 24.0 Å². The Morgan fingerprint density at radius 1 is 1.29 bits per heavy atom. The molecule has 4 nitrogen and oxygen atoms in total. The molecule has 17 heavy (non-hydrogen) atoms. The summed E-state index contributed by atoms with van der Waals surface area (Å²) in [5, 5.41) is 0. The molecule has 0 aliphatic heterocycles. The van der Waals surface area contributed by atoms with E-state index in [1.54, 1.807) is 31.2 Å². The molecule has 1 aromatic rings. The summed E-state index contributed by atoms with van der Waals surface area (Å²) in [6, 6.07) is 6.85. The Labute approximate surface area is 107 Å². The van der Waals surface area contributed by atoms with Gasteiger partial charge in [0.25, 0.3) is 0 Å². The minimum absolute atomic E-state index is 0.244. The molecule has 0 bridgehead atoms. The molecule has 1 N–H and O–H groups in total. The van der Waals surface area contributed by atoms with Gasteiger partial charge in [0, 0.05) is 12.4 Å². The number of hydrogen-bond donors (Lipinski definition) is 1. The normalized spacial score (nSPS) is 11.6. The van der Waals surface area contributed by atoms with Gasteiger partial charge in [0.2, 0.25) is 10.0 Å². The molecule has 0 heterocycles. The van der Waals surface area contributed by atoms with Crippen LogP contribution in [-0.4, -0.2) is 34.1 Å². The Balaban J connectivity index is 2.55. The highest BCUT2D eigenvalue weighted by atomic mass is 35.5. The summed E-state index contributed by atoms with van der Waals surface area (Å²) in [4.78, 5) is 0.303. The van der Waals surface area contributed by atoms with Crippen LogP contribution >= 0.6 is 11.6 Å². The predicted octanol–water partition coefficient (Wildman–Crippen LogP) is 1.53. The molecular weight excluding hydrogens is 262 g/mol. The molecule has 0 saturated heterocycles. The van der Waals surface area contributed by atoms with Crippen molar-refractivity contribution in [2.45, 2.75) is 11.8 Å². The van der Waals surface area contributed by atoms with Crippen molar-refractivity contribution in [3.63, 3.8) is 0 Å². The van der Waals surface area contributed by atoms with Crippen LogP contribution in [0.5, 0.6) is 0 Å². The Hall–Kier alpha value is -0.620. The fourth-order valence-corrected chi connectivity index (χ4v) is 2.71. The van der Waals surface area contributed by atoms with E-state index in [-0.39, 0.29) is 6.54 Å². The molecule has 1 aromatic carbocycles. The minimum Gasteiger partial charge on any atom is -0.379 e. The highest BCUT2D eigenvalue weighted by Gasteiger charge is 2.14. The summed E-state index contributed by atoms with van der Waals surface area (Å²) in [7, 11) is -3.44. The summed E-state index contributed by atoms with van der Waals surface area (Å²) in [5.41, 5.74) is 0.724. The highest BCUT2D eigenvalue weighted by molar-refractivity contribution is 7.89. The lowest BCUT2D eigenvalue weighted by Gasteiger charge is -2.08. The molecule has 1 rings (SSSR count). The molecule has 0 amide bonds. The van der Waals surface area contributed by atoms with Crippen molar-refractivity contribution < 1.29 is 13.2 Å².